The fraction of sp³-hybridized carbons (Fsp3) is 0.268. The third-order valence-corrected chi connectivity index (χ3v) is 13.8. The predicted octanol–water partition coefficient (Wildman–Crippen LogP) is 9.64. The van der Waals surface area contributed by atoms with Gasteiger partial charge in [0.05, 0.1) is 63.5 Å². The second kappa shape index (κ2) is 24.1. The van der Waals surface area contributed by atoms with Gasteiger partial charge in [0.25, 0.3) is 0 Å². The molecule has 0 saturated heterocycles. The summed E-state index contributed by atoms with van der Waals surface area (Å²) in [6.07, 6.45) is 12.5. The number of hydrogen-bond acceptors (Lipinski definition) is 18. The maximum absolute atomic E-state index is 12.2. The van der Waals surface area contributed by atoms with Gasteiger partial charge in [-0.15, -0.1) is 0 Å². The number of ketones is 1. The molecule has 2 aromatic carbocycles. The van der Waals surface area contributed by atoms with E-state index in [2.05, 4.69) is 88.8 Å². The molecule has 0 spiro atoms. The molecule has 0 bridgehead atoms. The van der Waals surface area contributed by atoms with Crippen molar-refractivity contribution in [2.45, 2.75) is 98.3 Å². The molecular formula is C56H54N12O8S2. The van der Waals surface area contributed by atoms with E-state index in [0.29, 0.717) is 18.3 Å². The van der Waals surface area contributed by atoms with Crippen LogP contribution in [0.5, 0.6) is 0 Å². The van der Waals surface area contributed by atoms with E-state index in [1.54, 1.807) is 6.20 Å². The maximum atomic E-state index is 12.2. The highest BCUT2D eigenvalue weighted by Gasteiger charge is 2.28. The first-order chi connectivity index (χ1) is 37.8. The molecule has 0 unspecified atom stereocenters. The van der Waals surface area contributed by atoms with Gasteiger partial charge in [-0.2, -0.15) is 16.8 Å². The highest BCUT2D eigenvalue weighted by atomic mass is 32.1. The van der Waals surface area contributed by atoms with Crippen LogP contribution in [-0.4, -0.2) is 95.3 Å². The van der Waals surface area contributed by atoms with Crippen molar-refractivity contribution in [1.82, 2.24) is 49.4 Å². The van der Waals surface area contributed by atoms with Crippen LogP contribution in [0.3, 0.4) is 0 Å². The number of anilines is 2. The van der Waals surface area contributed by atoms with Crippen LogP contribution < -0.4 is 10.6 Å². The number of hydrogen-bond donors (Lipinski definition) is 3. The van der Waals surface area contributed by atoms with Crippen molar-refractivity contribution in [1.29, 1.82) is 0 Å². The first kappa shape index (κ1) is 54.1. The molecule has 78 heavy (non-hydrogen) atoms. The number of pyridine rings is 2. The SMILES string of the molecule is Cc1cnc(N[C@H]2CCCC2=O)nc1-c1cn(-c2ccccc2)c2nc(-c3c(C)noc3C)ccc12.Cc1cnc(N[C@H]2CCC[C@H]2O)nc1-c1cn(-c2ccccc2)c2nc(-c3c(C)noc3C)ccc12.O=S=O.O=S=O. The number of nitrogens with zero attached hydrogens (tertiary/aromatic N) is 10. The fourth-order valence-electron chi connectivity index (χ4n) is 10.1. The van der Waals surface area contributed by atoms with Gasteiger partial charge >= 0.3 is 23.1 Å². The smallest absolute Gasteiger partial charge is 0.335 e. The van der Waals surface area contributed by atoms with E-state index in [1.165, 1.54) is 0 Å². The zero-order valence-electron chi connectivity index (χ0n) is 43.5. The number of benzene rings is 2. The number of Topliss-reactive ketones (excluding diaryl/α,β-unsaturated/α-hetero) is 1. The van der Waals surface area contributed by atoms with Crippen molar-refractivity contribution in [2.24, 2.45) is 0 Å². The second-order valence-electron chi connectivity index (χ2n) is 18.9. The largest absolute Gasteiger partial charge is 0.391 e. The normalized spacial score (nSPS) is 15.7. The minimum Gasteiger partial charge on any atom is -0.391 e. The van der Waals surface area contributed by atoms with Crippen LogP contribution in [0.2, 0.25) is 0 Å². The fourth-order valence-corrected chi connectivity index (χ4v) is 10.1. The van der Waals surface area contributed by atoms with E-state index in [4.69, 9.17) is 45.8 Å². The van der Waals surface area contributed by atoms with Crippen LogP contribution in [0.15, 0.2) is 119 Å². The van der Waals surface area contributed by atoms with Crippen molar-refractivity contribution in [3.8, 4) is 56.4 Å². The molecule has 2 saturated carbocycles. The topological polar surface area (TPSA) is 269 Å². The molecule has 2 aliphatic rings. The average Bonchev–Trinajstić information content (AvgIpc) is 4.35. The van der Waals surface area contributed by atoms with Crippen molar-refractivity contribution in [2.75, 3.05) is 10.6 Å². The quantitative estimate of drug-likeness (QED) is 0.115. The summed E-state index contributed by atoms with van der Waals surface area (Å²) in [5, 5.41) is 27.0. The van der Waals surface area contributed by atoms with Crippen LogP contribution in [0.25, 0.3) is 78.5 Å². The van der Waals surface area contributed by atoms with Gasteiger partial charge in [0.2, 0.25) is 11.9 Å². The van der Waals surface area contributed by atoms with Crippen molar-refractivity contribution in [3.05, 3.63) is 144 Å². The standard InChI is InChI=1S/C28H28N6O2.C28H26N6O2.2O2S/c2*1-16-14-29-28(31-22-10-7-11-24(22)35)32-26(16)21-15-34(19-8-5-4-6-9-19)27-20(21)12-13-23(30-27)25-17(2)33-36-18(25)3;2*1-3-2/h4-6,8-9,12-15,22,24,35H,7,10-11H2,1-3H3,(H,29,31,32);4-6,8-9,12-15,22H,7,10-11H2,1-3H3,(H,29,31,32);;/t22-,24+;22-;;/m00../s1. The molecule has 0 radical (unpaired) electrons. The summed E-state index contributed by atoms with van der Waals surface area (Å²) in [7, 11) is 0. The highest BCUT2D eigenvalue weighted by molar-refractivity contribution is 7.52. The molecule has 20 nitrogen and oxygen atoms in total. The number of aliphatic hydroxyl groups excluding tert-OH is 1. The van der Waals surface area contributed by atoms with Gasteiger partial charge in [0.15, 0.2) is 5.78 Å². The van der Waals surface area contributed by atoms with E-state index in [1.807, 2.05) is 96.3 Å². The molecule has 2 aliphatic carbocycles. The number of aliphatic hydroxyl groups is 1. The Morgan fingerprint density at radius 1 is 0.577 bits per heavy atom. The Kier molecular flexibility index (Phi) is 16.7. The Morgan fingerprint density at radius 2 is 1.04 bits per heavy atom. The summed E-state index contributed by atoms with van der Waals surface area (Å²) < 4.78 is 48.2. The minimum absolute atomic E-state index is 0.0227. The van der Waals surface area contributed by atoms with Crippen molar-refractivity contribution < 1.29 is 35.8 Å². The number of carbonyl (C=O) groups excluding carboxylic acids is 1. The number of fused-ring (bicyclic) bond motifs is 2. The Hall–Kier alpha value is -8.73. The second-order valence-corrected chi connectivity index (χ2v) is 19.2. The summed E-state index contributed by atoms with van der Waals surface area (Å²) in [4.78, 5) is 41.0. The molecule has 2 fully saturated rings. The molecule has 8 heterocycles. The summed E-state index contributed by atoms with van der Waals surface area (Å²) >= 11 is -1.50. The molecule has 3 atom stereocenters. The zero-order valence-corrected chi connectivity index (χ0v) is 45.1. The number of nitrogens with one attached hydrogen (secondary N) is 2. The third-order valence-electron chi connectivity index (χ3n) is 13.8. The van der Waals surface area contributed by atoms with Gasteiger partial charge in [0.1, 0.15) is 22.8 Å². The number of para-hydroxylation sites is 2. The lowest BCUT2D eigenvalue weighted by Crippen LogP contribution is -2.28. The lowest BCUT2D eigenvalue weighted by molar-refractivity contribution is -0.118. The van der Waals surface area contributed by atoms with E-state index in [0.717, 1.165) is 145 Å². The van der Waals surface area contributed by atoms with Gasteiger partial charge in [-0.05, 0) is 133 Å². The first-order valence-electron chi connectivity index (χ1n) is 25.1. The van der Waals surface area contributed by atoms with E-state index in [9.17, 15) is 9.90 Å². The van der Waals surface area contributed by atoms with Crippen LogP contribution in [0.1, 0.15) is 72.6 Å². The monoisotopic (exact) mass is 1090 g/mol. The van der Waals surface area contributed by atoms with Gasteiger partial charge in [-0.25, -0.2) is 29.9 Å². The number of carbonyl (C=O) groups is 1. The molecule has 12 rings (SSSR count). The molecule has 0 amide bonds. The van der Waals surface area contributed by atoms with Crippen molar-refractivity contribution in [3.63, 3.8) is 0 Å². The Balaban J connectivity index is 0.000000172. The number of aromatic nitrogens is 10. The third kappa shape index (κ3) is 11.4. The van der Waals surface area contributed by atoms with Gasteiger partial charge in [-0.1, -0.05) is 46.7 Å². The lowest BCUT2D eigenvalue weighted by Gasteiger charge is -2.17. The molecule has 8 aromatic heterocycles. The molecule has 0 aliphatic heterocycles. The summed E-state index contributed by atoms with van der Waals surface area (Å²) in [6.45, 7) is 11.7. The average molecular weight is 1090 g/mol. The van der Waals surface area contributed by atoms with Gasteiger partial charge in [0, 0.05) is 64.5 Å². The predicted molar refractivity (Wildman–Crippen MR) is 295 cm³/mol. The minimum atomic E-state index is -0.750. The molecule has 398 valence electrons. The van der Waals surface area contributed by atoms with E-state index in [-0.39, 0.29) is 24.0 Å². The summed E-state index contributed by atoms with van der Waals surface area (Å²) in [5.41, 5.74) is 14.2. The van der Waals surface area contributed by atoms with E-state index < -0.39 is 23.1 Å². The van der Waals surface area contributed by atoms with Crippen molar-refractivity contribution >= 4 is 62.9 Å². The number of rotatable bonds is 10. The van der Waals surface area contributed by atoms with Crippen LogP contribution >= 0.6 is 0 Å². The summed E-state index contributed by atoms with van der Waals surface area (Å²) in [5.74, 6) is 2.70. The highest BCUT2D eigenvalue weighted by Crippen LogP contribution is 2.38. The summed E-state index contributed by atoms with van der Waals surface area (Å²) in [6, 6.07) is 28.2. The van der Waals surface area contributed by atoms with Crippen LogP contribution in [0, 0.1) is 41.5 Å². The first-order valence-corrected chi connectivity index (χ1v) is 26.4. The molecule has 22 heteroatoms. The molecule has 10 aromatic rings. The van der Waals surface area contributed by atoms with Gasteiger partial charge in [-0.3, -0.25) is 4.79 Å². The van der Waals surface area contributed by atoms with E-state index >= 15 is 0 Å². The Morgan fingerprint density at radius 3 is 1.44 bits per heavy atom. The van der Waals surface area contributed by atoms with Gasteiger partial charge < -0.3 is 33.9 Å². The zero-order chi connectivity index (χ0) is 55.0. The van der Waals surface area contributed by atoms with Crippen LogP contribution in [-0.2, 0) is 27.9 Å². The Bertz CT molecular complexity index is 3820. The lowest BCUT2D eigenvalue weighted by atomic mass is 10.1. The Labute approximate surface area is 455 Å². The maximum Gasteiger partial charge on any atom is 0.335 e. The molecular weight excluding hydrogens is 1030 g/mol. The number of aryl methyl sites for hydroxylation is 6. The van der Waals surface area contributed by atoms with Crippen LogP contribution in [0.4, 0.5) is 11.9 Å². The molecule has 3 N–H and O–H groups in total.